The molecule has 0 amide bonds. The van der Waals surface area contributed by atoms with Crippen LogP contribution in [0.15, 0.2) is 0 Å². The van der Waals surface area contributed by atoms with E-state index < -0.39 is 0 Å². The minimum atomic E-state index is -0.366. The zero-order valence-corrected chi connectivity index (χ0v) is 11.8. The smallest absolute Gasteiger partial charge is 0.104 e. The van der Waals surface area contributed by atoms with Crippen molar-refractivity contribution in [3.8, 4) is 6.07 Å². The number of nitrogens with one attached hydrogen (secondary N) is 1. The molecule has 1 rings (SSSR count). The van der Waals surface area contributed by atoms with Crippen LogP contribution >= 0.6 is 0 Å². The Balaban J connectivity index is 2.25. The number of nitriles is 1. The van der Waals surface area contributed by atoms with Crippen molar-refractivity contribution in [3.63, 3.8) is 0 Å². The third-order valence-corrected chi connectivity index (χ3v) is 3.74. The van der Waals surface area contributed by atoms with Gasteiger partial charge in [-0.3, -0.25) is 5.32 Å². The molecule has 98 valence electrons. The lowest BCUT2D eigenvalue weighted by Crippen LogP contribution is -2.45. The summed E-state index contributed by atoms with van der Waals surface area (Å²) in [5, 5.41) is 12.6. The highest BCUT2D eigenvalue weighted by atomic mass is 15.1. The van der Waals surface area contributed by atoms with Crippen molar-refractivity contribution in [3.05, 3.63) is 0 Å². The standard InChI is InChI=1S/C14H27N3/c1-12(2)16-14(3,11-15)9-6-10-17(4)13-7-5-8-13/h12-13,16H,5-10H2,1-4H3. The summed E-state index contributed by atoms with van der Waals surface area (Å²) in [5.74, 6) is 0. The van der Waals surface area contributed by atoms with E-state index in [1.165, 1.54) is 19.3 Å². The Bertz CT molecular complexity index is 265. The van der Waals surface area contributed by atoms with E-state index in [9.17, 15) is 5.26 Å². The Labute approximate surface area is 106 Å². The van der Waals surface area contributed by atoms with Gasteiger partial charge in [-0.25, -0.2) is 0 Å². The molecule has 3 nitrogen and oxygen atoms in total. The largest absolute Gasteiger partial charge is 0.303 e. The second kappa shape index (κ2) is 6.37. The van der Waals surface area contributed by atoms with Gasteiger partial charge in [0.2, 0.25) is 0 Å². The molecular weight excluding hydrogens is 210 g/mol. The molecule has 3 heteroatoms. The SMILES string of the molecule is CC(C)NC(C)(C#N)CCCN(C)C1CCC1. The van der Waals surface area contributed by atoms with Crippen molar-refractivity contribution in [2.24, 2.45) is 0 Å². The zero-order valence-electron chi connectivity index (χ0n) is 11.8. The Morgan fingerprint density at radius 1 is 1.47 bits per heavy atom. The molecule has 17 heavy (non-hydrogen) atoms. The van der Waals surface area contributed by atoms with Gasteiger partial charge in [0.15, 0.2) is 0 Å². The third kappa shape index (κ3) is 4.65. The van der Waals surface area contributed by atoms with Crippen molar-refractivity contribution in [1.82, 2.24) is 10.2 Å². The van der Waals surface area contributed by atoms with Crippen LogP contribution in [0.1, 0.15) is 52.9 Å². The molecule has 0 bridgehead atoms. The number of rotatable bonds is 7. The van der Waals surface area contributed by atoms with Gasteiger partial charge >= 0.3 is 0 Å². The van der Waals surface area contributed by atoms with Crippen LogP contribution in [0.3, 0.4) is 0 Å². The van der Waals surface area contributed by atoms with Crippen LogP contribution in [-0.2, 0) is 0 Å². The topological polar surface area (TPSA) is 39.1 Å². The molecule has 0 radical (unpaired) electrons. The summed E-state index contributed by atoms with van der Waals surface area (Å²) < 4.78 is 0. The second-order valence-corrected chi connectivity index (χ2v) is 5.91. The maximum absolute atomic E-state index is 9.24. The average Bonchev–Trinajstić information content (AvgIpc) is 2.13. The summed E-state index contributed by atoms with van der Waals surface area (Å²) in [7, 11) is 2.21. The van der Waals surface area contributed by atoms with Crippen LogP contribution in [0.2, 0.25) is 0 Å². The van der Waals surface area contributed by atoms with Crippen molar-refractivity contribution < 1.29 is 0 Å². The lowest BCUT2D eigenvalue weighted by molar-refractivity contribution is 0.154. The van der Waals surface area contributed by atoms with Gasteiger partial charge in [0.05, 0.1) is 6.07 Å². The van der Waals surface area contributed by atoms with Crippen LogP contribution in [0.4, 0.5) is 0 Å². The van der Waals surface area contributed by atoms with E-state index in [0.29, 0.717) is 6.04 Å². The number of nitrogens with zero attached hydrogens (tertiary/aromatic N) is 2. The van der Waals surface area contributed by atoms with E-state index in [-0.39, 0.29) is 5.54 Å². The van der Waals surface area contributed by atoms with Crippen LogP contribution in [0.25, 0.3) is 0 Å². The van der Waals surface area contributed by atoms with Crippen LogP contribution in [0.5, 0.6) is 0 Å². The quantitative estimate of drug-likeness (QED) is 0.739. The van der Waals surface area contributed by atoms with E-state index >= 15 is 0 Å². The fourth-order valence-corrected chi connectivity index (χ4v) is 2.49. The molecule has 1 atom stereocenters. The lowest BCUT2D eigenvalue weighted by Gasteiger charge is -2.35. The summed E-state index contributed by atoms with van der Waals surface area (Å²) in [4.78, 5) is 2.46. The minimum Gasteiger partial charge on any atom is -0.303 e. The summed E-state index contributed by atoms with van der Waals surface area (Å²) in [6, 6.07) is 3.58. The molecule has 0 spiro atoms. The van der Waals surface area contributed by atoms with Crippen molar-refractivity contribution in [1.29, 1.82) is 5.26 Å². The van der Waals surface area contributed by atoms with Crippen molar-refractivity contribution >= 4 is 0 Å². The van der Waals surface area contributed by atoms with Gasteiger partial charge in [0.25, 0.3) is 0 Å². The van der Waals surface area contributed by atoms with Gasteiger partial charge in [-0.05, 0) is 60.0 Å². The van der Waals surface area contributed by atoms with Crippen molar-refractivity contribution in [2.75, 3.05) is 13.6 Å². The lowest BCUT2D eigenvalue weighted by atomic mass is 9.91. The Hall–Kier alpha value is -0.590. The van der Waals surface area contributed by atoms with Crippen LogP contribution < -0.4 is 5.32 Å². The zero-order chi connectivity index (χ0) is 12.9. The predicted octanol–water partition coefficient (Wildman–Crippen LogP) is 2.53. The first-order valence-electron chi connectivity index (χ1n) is 6.86. The molecule has 1 aliphatic rings. The molecule has 0 heterocycles. The Morgan fingerprint density at radius 2 is 2.12 bits per heavy atom. The highest BCUT2D eigenvalue weighted by molar-refractivity contribution is 5.04. The number of hydrogen-bond acceptors (Lipinski definition) is 3. The predicted molar refractivity (Wildman–Crippen MR) is 71.8 cm³/mol. The van der Waals surface area contributed by atoms with Gasteiger partial charge in [-0.15, -0.1) is 0 Å². The molecule has 0 aliphatic heterocycles. The Morgan fingerprint density at radius 3 is 2.53 bits per heavy atom. The van der Waals surface area contributed by atoms with Crippen LogP contribution in [0, 0.1) is 11.3 Å². The molecule has 1 aliphatic carbocycles. The number of hydrogen-bond donors (Lipinski definition) is 1. The van der Waals surface area contributed by atoms with Gasteiger partial charge < -0.3 is 4.90 Å². The summed E-state index contributed by atoms with van der Waals surface area (Å²) >= 11 is 0. The van der Waals surface area contributed by atoms with E-state index in [2.05, 4.69) is 37.2 Å². The first-order chi connectivity index (χ1) is 7.97. The van der Waals surface area contributed by atoms with Gasteiger partial charge in [0.1, 0.15) is 5.54 Å². The molecule has 0 aromatic carbocycles. The first-order valence-corrected chi connectivity index (χ1v) is 6.86. The molecule has 1 fully saturated rings. The minimum absolute atomic E-state index is 0.365. The van der Waals surface area contributed by atoms with E-state index in [0.717, 1.165) is 25.4 Å². The summed E-state index contributed by atoms with van der Waals surface area (Å²) in [5.41, 5.74) is -0.366. The molecule has 0 aromatic heterocycles. The van der Waals surface area contributed by atoms with Gasteiger partial charge in [-0.1, -0.05) is 6.42 Å². The monoisotopic (exact) mass is 237 g/mol. The van der Waals surface area contributed by atoms with Crippen LogP contribution in [-0.4, -0.2) is 36.1 Å². The normalized spacial score (nSPS) is 20.1. The van der Waals surface area contributed by atoms with E-state index in [4.69, 9.17) is 0 Å². The molecule has 0 aromatic rings. The molecule has 1 N–H and O–H groups in total. The maximum atomic E-state index is 9.24. The molecule has 1 unspecified atom stereocenters. The summed E-state index contributed by atoms with van der Waals surface area (Å²) in [6.07, 6.45) is 6.13. The third-order valence-electron chi connectivity index (χ3n) is 3.74. The summed E-state index contributed by atoms with van der Waals surface area (Å²) in [6.45, 7) is 7.31. The Kier molecular flexibility index (Phi) is 5.42. The fourth-order valence-electron chi connectivity index (χ4n) is 2.49. The van der Waals surface area contributed by atoms with Gasteiger partial charge in [0, 0.05) is 12.1 Å². The van der Waals surface area contributed by atoms with E-state index in [1.54, 1.807) is 0 Å². The first kappa shape index (κ1) is 14.5. The average molecular weight is 237 g/mol. The molecular formula is C14H27N3. The highest BCUT2D eigenvalue weighted by Gasteiger charge is 2.25. The second-order valence-electron chi connectivity index (χ2n) is 5.91. The maximum Gasteiger partial charge on any atom is 0.104 e. The fraction of sp³-hybridized carbons (Fsp3) is 0.929. The highest BCUT2D eigenvalue weighted by Crippen LogP contribution is 2.24. The van der Waals surface area contributed by atoms with Crippen molar-refractivity contribution in [2.45, 2.75) is 70.5 Å². The molecule has 1 saturated carbocycles. The van der Waals surface area contributed by atoms with Gasteiger partial charge in [-0.2, -0.15) is 5.26 Å². The van der Waals surface area contributed by atoms with E-state index in [1.807, 2.05) is 6.92 Å². The molecule has 0 saturated heterocycles.